The molecule has 0 bridgehead atoms. The van der Waals surface area contributed by atoms with Gasteiger partial charge in [0.15, 0.2) is 0 Å². The van der Waals surface area contributed by atoms with Crippen molar-refractivity contribution in [1.82, 2.24) is 0 Å². The second-order valence-electron chi connectivity index (χ2n) is 7.58. The largest absolute Gasteiger partial charge is 0.437 e. The van der Waals surface area contributed by atoms with E-state index in [9.17, 15) is 12.3 Å². The monoisotopic (exact) mass is 394 g/mol. The highest BCUT2D eigenvalue weighted by molar-refractivity contribution is 7.81. The van der Waals surface area contributed by atoms with Crippen LogP contribution in [0.4, 0.5) is 3.89 Å². The van der Waals surface area contributed by atoms with Gasteiger partial charge in [0.2, 0.25) is 0 Å². The molecule has 0 aliphatic carbocycles. The van der Waals surface area contributed by atoms with Gasteiger partial charge in [-0.2, -0.15) is 8.42 Å². The lowest BCUT2D eigenvalue weighted by Gasteiger charge is -2.04. The third kappa shape index (κ3) is 23.8. The number of rotatable bonds is 21. The molecule has 0 aromatic heterocycles. The first kappa shape index (κ1) is 25.8. The Morgan fingerprint density at radius 2 is 0.808 bits per heavy atom. The maximum Gasteiger partial charge on any atom is 0.437 e. The second-order valence-corrected chi connectivity index (χ2v) is 8.60. The van der Waals surface area contributed by atoms with Crippen molar-refractivity contribution in [2.45, 2.75) is 129 Å². The van der Waals surface area contributed by atoms with Crippen LogP contribution in [0.5, 0.6) is 0 Å². The number of hydrogen-bond donors (Lipinski definition) is 0. The highest BCUT2D eigenvalue weighted by Gasteiger charge is 2.05. The van der Waals surface area contributed by atoms with Crippen LogP contribution in [0.1, 0.15) is 129 Å². The van der Waals surface area contributed by atoms with E-state index in [2.05, 4.69) is 11.1 Å². The molecule has 0 aromatic carbocycles. The molecule has 0 N–H and O–H groups in total. The van der Waals surface area contributed by atoms with Gasteiger partial charge in [-0.15, -0.1) is 0 Å². The van der Waals surface area contributed by atoms with Crippen LogP contribution < -0.4 is 0 Å². The van der Waals surface area contributed by atoms with E-state index in [4.69, 9.17) is 0 Å². The summed E-state index contributed by atoms with van der Waals surface area (Å²) in [6.07, 6.45) is 24.5. The van der Waals surface area contributed by atoms with Crippen LogP contribution in [0.15, 0.2) is 0 Å². The van der Waals surface area contributed by atoms with E-state index in [1.807, 2.05) is 0 Å². The normalized spacial score (nSPS) is 11.9. The van der Waals surface area contributed by atoms with Crippen LogP contribution in [-0.4, -0.2) is 15.0 Å². The summed E-state index contributed by atoms with van der Waals surface area (Å²) in [6, 6.07) is 0. The van der Waals surface area contributed by atoms with E-state index in [1.165, 1.54) is 103 Å². The van der Waals surface area contributed by atoms with Crippen LogP contribution >= 0.6 is 0 Å². The summed E-state index contributed by atoms with van der Waals surface area (Å²) in [7, 11) is -4.75. The van der Waals surface area contributed by atoms with E-state index < -0.39 is 10.5 Å². The summed E-state index contributed by atoms with van der Waals surface area (Å²) < 4.78 is 36.4. The Kier molecular flexibility index (Phi) is 19.5. The molecular formula is C21H43FO3S. The van der Waals surface area contributed by atoms with Crippen molar-refractivity contribution in [2.75, 3.05) is 6.61 Å². The van der Waals surface area contributed by atoms with Gasteiger partial charge in [0.1, 0.15) is 0 Å². The minimum atomic E-state index is -4.75. The average molecular weight is 395 g/mol. The summed E-state index contributed by atoms with van der Waals surface area (Å²) in [4.78, 5) is 0. The molecule has 0 heterocycles. The number of halogens is 1. The molecule has 3 nitrogen and oxygen atoms in total. The topological polar surface area (TPSA) is 43.4 Å². The van der Waals surface area contributed by atoms with Crippen molar-refractivity contribution in [3.8, 4) is 0 Å². The Balaban J connectivity index is 3.03. The molecule has 0 fully saturated rings. The Labute approximate surface area is 162 Å². The lowest BCUT2D eigenvalue weighted by molar-refractivity contribution is 0.284. The van der Waals surface area contributed by atoms with Crippen molar-refractivity contribution in [3.63, 3.8) is 0 Å². The number of hydrogen-bond acceptors (Lipinski definition) is 3. The summed E-state index contributed by atoms with van der Waals surface area (Å²) >= 11 is 0. The maximum atomic E-state index is 12.1. The van der Waals surface area contributed by atoms with Gasteiger partial charge in [-0.05, 0) is 6.42 Å². The molecule has 26 heavy (non-hydrogen) atoms. The van der Waals surface area contributed by atoms with Gasteiger partial charge in [-0.3, -0.25) is 0 Å². The lowest BCUT2D eigenvalue weighted by atomic mass is 10.0. The van der Waals surface area contributed by atoms with Crippen LogP contribution in [0.3, 0.4) is 0 Å². The molecule has 0 saturated carbocycles. The molecule has 0 aliphatic heterocycles. The SMILES string of the molecule is CCCCCCCCCCCCCCCCCCCCCOS(=O)(=O)F. The first-order chi connectivity index (χ1) is 12.6. The third-order valence-corrected chi connectivity index (χ3v) is 5.42. The summed E-state index contributed by atoms with van der Waals surface area (Å²) in [5, 5.41) is 0. The summed E-state index contributed by atoms with van der Waals surface area (Å²) in [5.41, 5.74) is 0. The molecule has 0 unspecified atom stereocenters. The minimum Gasteiger partial charge on any atom is -0.245 e. The molecule has 0 radical (unpaired) electrons. The van der Waals surface area contributed by atoms with E-state index in [-0.39, 0.29) is 6.61 Å². The molecule has 0 aromatic rings. The van der Waals surface area contributed by atoms with Gasteiger partial charge in [0.05, 0.1) is 6.61 Å². The molecule has 0 atom stereocenters. The fourth-order valence-corrected chi connectivity index (χ4v) is 3.66. The van der Waals surface area contributed by atoms with Crippen molar-refractivity contribution < 1.29 is 16.5 Å². The number of unbranched alkanes of at least 4 members (excludes halogenated alkanes) is 18. The smallest absolute Gasteiger partial charge is 0.245 e. The van der Waals surface area contributed by atoms with Gasteiger partial charge in [-0.25, -0.2) is 4.18 Å². The van der Waals surface area contributed by atoms with E-state index in [1.54, 1.807) is 0 Å². The fourth-order valence-electron chi connectivity index (χ4n) is 3.34. The van der Waals surface area contributed by atoms with Crippen molar-refractivity contribution in [3.05, 3.63) is 0 Å². The minimum absolute atomic E-state index is 0.0301. The highest BCUT2D eigenvalue weighted by Crippen LogP contribution is 2.14. The standard InChI is InChI=1S/C21H43FO3S/c1-2-3-4-5-6-7-8-9-10-11-12-13-14-15-16-17-18-19-20-21-25-26(22,23)24/h2-21H2,1H3. The Morgan fingerprint density at radius 3 is 1.08 bits per heavy atom. The zero-order valence-electron chi connectivity index (χ0n) is 17.2. The maximum absolute atomic E-state index is 12.1. The Bertz CT molecular complexity index is 371. The molecule has 5 heteroatoms. The van der Waals surface area contributed by atoms with E-state index in [0.717, 1.165) is 12.8 Å². The molecule has 0 saturated heterocycles. The average Bonchev–Trinajstić information content (AvgIpc) is 2.59. The Hall–Kier alpha value is -0.160. The van der Waals surface area contributed by atoms with Crippen LogP contribution in [0.2, 0.25) is 0 Å². The highest BCUT2D eigenvalue weighted by atomic mass is 32.3. The predicted molar refractivity (Wildman–Crippen MR) is 109 cm³/mol. The Morgan fingerprint density at radius 1 is 0.538 bits per heavy atom. The molecule has 0 amide bonds. The van der Waals surface area contributed by atoms with E-state index >= 15 is 0 Å². The molecule has 158 valence electrons. The lowest BCUT2D eigenvalue weighted by Crippen LogP contribution is -2.00. The second kappa shape index (κ2) is 19.6. The van der Waals surface area contributed by atoms with Gasteiger partial charge >= 0.3 is 10.5 Å². The molecule has 0 spiro atoms. The van der Waals surface area contributed by atoms with Crippen molar-refractivity contribution >= 4 is 10.5 Å². The fraction of sp³-hybridized carbons (Fsp3) is 1.00. The zero-order chi connectivity index (χ0) is 19.3. The summed E-state index contributed by atoms with van der Waals surface area (Å²) in [5.74, 6) is 0. The third-order valence-electron chi connectivity index (χ3n) is 4.97. The van der Waals surface area contributed by atoms with Gasteiger partial charge < -0.3 is 0 Å². The summed E-state index contributed by atoms with van der Waals surface area (Å²) in [6.45, 7) is 2.24. The van der Waals surface area contributed by atoms with Crippen LogP contribution in [-0.2, 0) is 14.7 Å². The quantitative estimate of drug-likeness (QED) is 0.148. The van der Waals surface area contributed by atoms with Crippen molar-refractivity contribution in [2.24, 2.45) is 0 Å². The van der Waals surface area contributed by atoms with Crippen LogP contribution in [0, 0.1) is 0 Å². The van der Waals surface area contributed by atoms with Gasteiger partial charge in [-0.1, -0.05) is 126 Å². The van der Waals surface area contributed by atoms with Crippen molar-refractivity contribution in [1.29, 1.82) is 0 Å². The van der Waals surface area contributed by atoms with Gasteiger partial charge in [0, 0.05) is 0 Å². The van der Waals surface area contributed by atoms with Gasteiger partial charge in [0.25, 0.3) is 0 Å². The molecule has 0 rings (SSSR count). The molecule has 0 aliphatic rings. The van der Waals surface area contributed by atoms with Crippen LogP contribution in [0.25, 0.3) is 0 Å². The first-order valence-electron chi connectivity index (χ1n) is 11.2. The zero-order valence-corrected chi connectivity index (χ0v) is 18.0. The van der Waals surface area contributed by atoms with E-state index in [0.29, 0.717) is 6.42 Å². The predicted octanol–water partition coefficient (Wildman–Crippen LogP) is 7.65. The molecular weight excluding hydrogens is 351 g/mol. The first-order valence-corrected chi connectivity index (χ1v) is 12.5.